The van der Waals surface area contributed by atoms with Gasteiger partial charge in [-0.25, -0.2) is 4.79 Å². The number of likely N-dealkylation sites (N-methyl/N-ethyl adjacent to an activating group) is 1. The van der Waals surface area contributed by atoms with E-state index in [0.29, 0.717) is 30.1 Å². The molecule has 2 rings (SSSR count). The highest BCUT2D eigenvalue weighted by atomic mass is 16.5. The molecule has 0 bridgehead atoms. The van der Waals surface area contributed by atoms with Crippen molar-refractivity contribution in [2.24, 2.45) is 0 Å². The number of aromatic nitrogens is 2. The predicted molar refractivity (Wildman–Crippen MR) is 82.0 cm³/mol. The van der Waals surface area contributed by atoms with Gasteiger partial charge in [-0.15, -0.1) is 0 Å². The van der Waals surface area contributed by atoms with E-state index in [4.69, 9.17) is 10.5 Å². The van der Waals surface area contributed by atoms with Crippen LogP contribution in [0.4, 0.5) is 5.82 Å². The van der Waals surface area contributed by atoms with Crippen LogP contribution in [-0.4, -0.2) is 60.1 Å². The van der Waals surface area contributed by atoms with Crippen LogP contribution in [0.5, 0.6) is 0 Å². The normalized spacial score (nSPS) is 16.2. The third-order valence-corrected chi connectivity index (χ3v) is 3.85. The number of carbonyl (C=O) groups is 1. The minimum atomic E-state index is -0.384. The highest BCUT2D eigenvalue weighted by Gasteiger charge is 2.26. The number of nitrogens with zero attached hydrogens (tertiary/aromatic N) is 4. The van der Waals surface area contributed by atoms with Gasteiger partial charge in [-0.3, -0.25) is 9.91 Å². The number of nitrogens with two attached hydrogens (primary N) is 1. The molecule has 0 aliphatic carbocycles. The fraction of sp³-hybridized carbons (Fsp3) is 0.714. The maximum Gasteiger partial charge on any atom is 0.343 e. The van der Waals surface area contributed by atoms with Crippen LogP contribution in [0.1, 0.15) is 36.8 Å². The second kappa shape index (κ2) is 6.80. The zero-order valence-electron chi connectivity index (χ0n) is 13.1. The average Bonchev–Trinajstić information content (AvgIpc) is 2.84. The minimum absolute atomic E-state index is 0.335. The van der Waals surface area contributed by atoms with E-state index < -0.39 is 0 Å². The van der Waals surface area contributed by atoms with Crippen molar-refractivity contribution in [2.45, 2.75) is 27.2 Å². The van der Waals surface area contributed by atoms with E-state index in [1.807, 2.05) is 6.92 Å². The van der Waals surface area contributed by atoms with Crippen molar-refractivity contribution in [1.29, 1.82) is 0 Å². The quantitative estimate of drug-likeness (QED) is 0.796. The second-order valence-electron chi connectivity index (χ2n) is 5.06. The Balaban J connectivity index is 2.23. The highest BCUT2D eigenvalue weighted by molar-refractivity contribution is 5.95. The van der Waals surface area contributed by atoms with Crippen LogP contribution in [0.3, 0.4) is 0 Å². The van der Waals surface area contributed by atoms with Gasteiger partial charge in [-0.05, 0) is 19.9 Å². The molecule has 1 saturated heterocycles. The first kappa shape index (κ1) is 15.6. The fourth-order valence-electron chi connectivity index (χ4n) is 2.60. The number of esters is 1. The lowest BCUT2D eigenvalue weighted by molar-refractivity contribution is 0.0526. The van der Waals surface area contributed by atoms with Gasteiger partial charge in [0.2, 0.25) is 0 Å². The van der Waals surface area contributed by atoms with Crippen LogP contribution in [0.2, 0.25) is 0 Å². The van der Waals surface area contributed by atoms with Gasteiger partial charge in [0, 0.05) is 26.2 Å². The summed E-state index contributed by atoms with van der Waals surface area (Å²) in [6.45, 7) is 11.0. The number of ether oxygens (including phenoxy) is 1. The summed E-state index contributed by atoms with van der Waals surface area (Å²) < 4.78 is 5.09. The molecule has 0 radical (unpaired) electrons. The molecule has 1 aromatic rings. The van der Waals surface area contributed by atoms with E-state index in [1.54, 1.807) is 11.7 Å². The van der Waals surface area contributed by atoms with E-state index in [0.717, 1.165) is 32.7 Å². The SMILES string of the molecule is CCOC(=O)c1c(CC)nn(N2CCN(CC)CC2)c1N. The molecular formula is C14H25N5O2. The van der Waals surface area contributed by atoms with Gasteiger partial charge >= 0.3 is 5.97 Å². The molecule has 7 heteroatoms. The van der Waals surface area contributed by atoms with Crippen molar-refractivity contribution < 1.29 is 9.53 Å². The number of nitrogen functional groups attached to an aromatic ring is 1. The number of hydrogen-bond donors (Lipinski definition) is 1. The largest absolute Gasteiger partial charge is 0.462 e. The molecule has 0 spiro atoms. The van der Waals surface area contributed by atoms with Crippen LogP contribution in [0, 0.1) is 0 Å². The van der Waals surface area contributed by atoms with Crippen molar-refractivity contribution in [2.75, 3.05) is 50.1 Å². The summed E-state index contributed by atoms with van der Waals surface area (Å²) in [7, 11) is 0. The molecule has 1 aliphatic heterocycles. The molecule has 1 aromatic heterocycles. The Hall–Kier alpha value is -1.76. The number of rotatable bonds is 5. The van der Waals surface area contributed by atoms with Crippen molar-refractivity contribution >= 4 is 11.8 Å². The van der Waals surface area contributed by atoms with Gasteiger partial charge in [-0.1, -0.05) is 13.8 Å². The highest BCUT2D eigenvalue weighted by Crippen LogP contribution is 2.20. The Morgan fingerprint density at radius 2 is 1.90 bits per heavy atom. The number of hydrogen-bond acceptors (Lipinski definition) is 6. The Bertz CT molecular complexity index is 492. The minimum Gasteiger partial charge on any atom is -0.462 e. The lowest BCUT2D eigenvalue weighted by Crippen LogP contribution is -2.51. The molecular weight excluding hydrogens is 270 g/mol. The maximum absolute atomic E-state index is 12.1. The molecule has 0 aromatic carbocycles. The average molecular weight is 295 g/mol. The Labute approximate surface area is 125 Å². The second-order valence-corrected chi connectivity index (χ2v) is 5.06. The molecule has 7 nitrogen and oxygen atoms in total. The van der Waals surface area contributed by atoms with Crippen LogP contribution in [-0.2, 0) is 11.2 Å². The first-order valence-corrected chi connectivity index (χ1v) is 7.64. The van der Waals surface area contributed by atoms with Crippen molar-refractivity contribution in [1.82, 2.24) is 14.8 Å². The molecule has 0 unspecified atom stereocenters. The summed E-state index contributed by atoms with van der Waals surface area (Å²) in [5.74, 6) is 0.000502. The monoisotopic (exact) mass is 295 g/mol. The Morgan fingerprint density at radius 3 is 2.43 bits per heavy atom. The van der Waals surface area contributed by atoms with E-state index in [9.17, 15) is 4.79 Å². The lowest BCUT2D eigenvalue weighted by atomic mass is 10.2. The van der Waals surface area contributed by atoms with Gasteiger partial charge in [0.25, 0.3) is 0 Å². The van der Waals surface area contributed by atoms with Gasteiger partial charge in [-0.2, -0.15) is 9.89 Å². The third-order valence-electron chi connectivity index (χ3n) is 3.85. The molecule has 2 heterocycles. The molecule has 21 heavy (non-hydrogen) atoms. The smallest absolute Gasteiger partial charge is 0.343 e. The maximum atomic E-state index is 12.1. The number of carbonyl (C=O) groups excluding carboxylic acids is 1. The summed E-state index contributed by atoms with van der Waals surface area (Å²) in [4.78, 5) is 16.1. The lowest BCUT2D eigenvalue weighted by Gasteiger charge is -2.35. The first-order valence-electron chi connectivity index (χ1n) is 7.64. The van der Waals surface area contributed by atoms with Crippen LogP contribution < -0.4 is 10.7 Å². The topological polar surface area (TPSA) is 76.6 Å². The summed E-state index contributed by atoms with van der Waals surface area (Å²) >= 11 is 0. The molecule has 1 fully saturated rings. The Morgan fingerprint density at radius 1 is 1.24 bits per heavy atom. The van der Waals surface area contributed by atoms with Gasteiger partial charge in [0.1, 0.15) is 5.56 Å². The number of piperazine rings is 1. The molecule has 118 valence electrons. The summed E-state index contributed by atoms with van der Waals surface area (Å²) in [5.41, 5.74) is 7.27. The third kappa shape index (κ3) is 3.12. The first-order chi connectivity index (χ1) is 10.1. The van der Waals surface area contributed by atoms with E-state index in [2.05, 4.69) is 21.9 Å². The van der Waals surface area contributed by atoms with E-state index in [-0.39, 0.29) is 5.97 Å². The molecule has 2 N–H and O–H groups in total. The fourth-order valence-corrected chi connectivity index (χ4v) is 2.60. The zero-order chi connectivity index (χ0) is 15.4. The molecule has 0 saturated carbocycles. The van der Waals surface area contributed by atoms with Gasteiger partial charge < -0.3 is 10.5 Å². The molecule has 0 atom stereocenters. The van der Waals surface area contributed by atoms with Gasteiger partial charge in [0.05, 0.1) is 12.3 Å². The van der Waals surface area contributed by atoms with Crippen molar-refractivity contribution in [3.8, 4) is 0 Å². The van der Waals surface area contributed by atoms with Crippen molar-refractivity contribution in [3.05, 3.63) is 11.3 Å². The molecule has 1 aliphatic rings. The summed E-state index contributed by atoms with van der Waals surface area (Å²) in [6.07, 6.45) is 0.653. The Kier molecular flexibility index (Phi) is 5.06. The predicted octanol–water partition coefficient (Wildman–Crippen LogP) is 0.478. The van der Waals surface area contributed by atoms with E-state index in [1.165, 1.54) is 0 Å². The van der Waals surface area contributed by atoms with Crippen LogP contribution >= 0.6 is 0 Å². The van der Waals surface area contributed by atoms with Gasteiger partial charge in [0.15, 0.2) is 5.82 Å². The number of anilines is 1. The number of aryl methyl sites for hydroxylation is 1. The van der Waals surface area contributed by atoms with E-state index >= 15 is 0 Å². The standard InChI is InChI=1S/C14H25N5O2/c1-4-11-12(14(20)21-6-3)13(15)19(16-11)18-9-7-17(5-2)8-10-18/h4-10,15H2,1-3H3. The zero-order valence-corrected chi connectivity index (χ0v) is 13.1. The summed E-state index contributed by atoms with van der Waals surface area (Å²) in [6, 6.07) is 0. The van der Waals surface area contributed by atoms with Crippen molar-refractivity contribution in [3.63, 3.8) is 0 Å². The molecule has 0 amide bonds. The van der Waals surface area contributed by atoms with Crippen LogP contribution in [0.25, 0.3) is 0 Å². The summed E-state index contributed by atoms with van der Waals surface area (Å²) in [5, 5.41) is 6.59. The van der Waals surface area contributed by atoms with Crippen LogP contribution in [0.15, 0.2) is 0 Å².